The largest absolute Gasteiger partial charge is 0.369 e. The van der Waals surface area contributed by atoms with Crippen LogP contribution in [0.5, 0.6) is 0 Å². The SMILES string of the molecule is CC1(C)CC(=O)c2sc(N3CC(C(N)=O)CC3=O)nc2C1. The van der Waals surface area contributed by atoms with Crippen LogP contribution in [-0.4, -0.2) is 29.1 Å². The standard InChI is InChI=1S/C14H17N3O3S/c1-14(2)4-8-11(9(18)5-14)21-13(16-8)17-6-7(12(15)20)3-10(17)19/h7H,3-6H2,1-2H3,(H2,15,20). The van der Waals surface area contributed by atoms with Crippen LogP contribution in [0.4, 0.5) is 5.13 Å². The fraction of sp³-hybridized carbons (Fsp3) is 0.571. The van der Waals surface area contributed by atoms with Crippen LogP contribution in [0.3, 0.4) is 0 Å². The molecular formula is C14H17N3O3S. The summed E-state index contributed by atoms with van der Waals surface area (Å²) in [5.41, 5.74) is 5.94. The summed E-state index contributed by atoms with van der Waals surface area (Å²) in [6.07, 6.45) is 1.35. The smallest absolute Gasteiger partial charge is 0.229 e. The Kier molecular flexibility index (Phi) is 3.12. The van der Waals surface area contributed by atoms with Gasteiger partial charge in [0.1, 0.15) is 0 Å². The number of hydrogen-bond donors (Lipinski definition) is 1. The molecule has 21 heavy (non-hydrogen) atoms. The minimum atomic E-state index is -0.468. The highest BCUT2D eigenvalue weighted by atomic mass is 32.1. The summed E-state index contributed by atoms with van der Waals surface area (Å²) >= 11 is 1.25. The molecule has 112 valence electrons. The molecule has 1 aliphatic heterocycles. The maximum absolute atomic E-state index is 12.2. The minimum absolute atomic E-state index is 0.0862. The van der Waals surface area contributed by atoms with Crippen LogP contribution in [-0.2, 0) is 16.0 Å². The number of thiazole rings is 1. The van der Waals surface area contributed by atoms with Crippen molar-refractivity contribution < 1.29 is 14.4 Å². The molecule has 2 amide bonds. The lowest BCUT2D eigenvalue weighted by molar-refractivity contribution is -0.123. The number of rotatable bonds is 2. The van der Waals surface area contributed by atoms with Gasteiger partial charge in [-0.1, -0.05) is 25.2 Å². The first kappa shape index (κ1) is 14.2. The Bertz CT molecular complexity index is 650. The van der Waals surface area contributed by atoms with Gasteiger partial charge in [-0.05, 0) is 11.8 Å². The van der Waals surface area contributed by atoms with Crippen LogP contribution >= 0.6 is 11.3 Å². The first-order valence-corrected chi connectivity index (χ1v) is 7.71. The number of hydrogen-bond acceptors (Lipinski definition) is 5. The third-order valence-electron chi connectivity index (χ3n) is 3.98. The molecule has 0 radical (unpaired) electrons. The van der Waals surface area contributed by atoms with E-state index in [2.05, 4.69) is 4.98 Å². The molecule has 1 atom stereocenters. The Morgan fingerprint density at radius 2 is 2.10 bits per heavy atom. The van der Waals surface area contributed by atoms with Crippen LogP contribution in [0.15, 0.2) is 0 Å². The number of fused-ring (bicyclic) bond motifs is 1. The van der Waals surface area contributed by atoms with E-state index < -0.39 is 11.8 Å². The Balaban J connectivity index is 1.91. The van der Waals surface area contributed by atoms with Crippen molar-refractivity contribution in [2.45, 2.75) is 33.1 Å². The van der Waals surface area contributed by atoms with E-state index in [1.807, 2.05) is 13.8 Å². The van der Waals surface area contributed by atoms with Crippen LogP contribution in [0.1, 0.15) is 42.1 Å². The molecule has 1 aromatic rings. The van der Waals surface area contributed by atoms with E-state index in [0.717, 1.165) is 12.1 Å². The Morgan fingerprint density at radius 3 is 2.71 bits per heavy atom. The molecule has 2 aliphatic rings. The average molecular weight is 307 g/mol. The van der Waals surface area contributed by atoms with Crippen molar-refractivity contribution in [3.8, 4) is 0 Å². The van der Waals surface area contributed by atoms with Gasteiger partial charge >= 0.3 is 0 Å². The summed E-state index contributed by atoms with van der Waals surface area (Å²) < 4.78 is 0. The van der Waals surface area contributed by atoms with Gasteiger partial charge in [0, 0.05) is 19.4 Å². The molecule has 0 bridgehead atoms. The molecular weight excluding hydrogens is 290 g/mol. The van der Waals surface area contributed by atoms with Crippen molar-refractivity contribution in [1.82, 2.24) is 4.98 Å². The topological polar surface area (TPSA) is 93.4 Å². The highest BCUT2D eigenvalue weighted by molar-refractivity contribution is 7.17. The van der Waals surface area contributed by atoms with Gasteiger partial charge in [0.25, 0.3) is 0 Å². The number of carbonyl (C=O) groups excluding carboxylic acids is 3. The lowest BCUT2D eigenvalue weighted by atomic mass is 9.78. The summed E-state index contributed by atoms with van der Waals surface area (Å²) in [5, 5.41) is 0.514. The monoisotopic (exact) mass is 307 g/mol. The predicted molar refractivity (Wildman–Crippen MR) is 78.2 cm³/mol. The molecule has 0 saturated carbocycles. The number of ketones is 1. The summed E-state index contributed by atoms with van der Waals surface area (Å²) in [6.45, 7) is 4.34. The molecule has 1 aliphatic carbocycles. The van der Waals surface area contributed by atoms with Gasteiger partial charge in [-0.3, -0.25) is 19.3 Å². The zero-order valence-electron chi connectivity index (χ0n) is 12.0. The second kappa shape index (κ2) is 4.62. The molecule has 7 heteroatoms. The van der Waals surface area contributed by atoms with Crippen LogP contribution in [0, 0.1) is 11.3 Å². The number of carbonyl (C=O) groups is 3. The molecule has 3 rings (SSSR count). The Labute approximate surface area is 126 Å². The molecule has 0 spiro atoms. The summed E-state index contributed by atoms with van der Waals surface area (Å²) in [7, 11) is 0. The van der Waals surface area contributed by atoms with Crippen LogP contribution in [0.2, 0.25) is 0 Å². The number of nitrogens with zero attached hydrogens (tertiary/aromatic N) is 2. The third-order valence-corrected chi connectivity index (χ3v) is 5.14. The molecule has 1 unspecified atom stereocenters. The Morgan fingerprint density at radius 1 is 1.38 bits per heavy atom. The van der Waals surface area contributed by atoms with E-state index in [-0.39, 0.29) is 30.1 Å². The Hall–Kier alpha value is -1.76. The summed E-state index contributed by atoms with van der Waals surface area (Å²) in [5.74, 6) is -1.00. The van der Waals surface area contributed by atoms with Crippen LogP contribution in [0.25, 0.3) is 0 Å². The van der Waals surface area contributed by atoms with Crippen molar-refractivity contribution >= 4 is 34.1 Å². The molecule has 1 fully saturated rings. The van der Waals surface area contributed by atoms with E-state index in [1.165, 1.54) is 16.2 Å². The van der Waals surface area contributed by atoms with E-state index in [9.17, 15) is 14.4 Å². The summed E-state index contributed by atoms with van der Waals surface area (Å²) in [6, 6.07) is 0. The maximum atomic E-state index is 12.2. The lowest BCUT2D eigenvalue weighted by Crippen LogP contribution is -2.28. The third kappa shape index (κ3) is 2.46. The second-order valence-electron chi connectivity index (χ2n) is 6.52. The van der Waals surface area contributed by atoms with Crippen molar-refractivity contribution in [3.63, 3.8) is 0 Å². The van der Waals surface area contributed by atoms with Gasteiger partial charge in [-0.2, -0.15) is 0 Å². The highest BCUT2D eigenvalue weighted by Crippen LogP contribution is 2.40. The molecule has 1 saturated heterocycles. The van der Waals surface area contributed by atoms with E-state index in [1.54, 1.807) is 0 Å². The molecule has 0 aromatic carbocycles. The molecule has 6 nitrogen and oxygen atoms in total. The van der Waals surface area contributed by atoms with Gasteiger partial charge in [-0.15, -0.1) is 0 Å². The first-order chi connectivity index (χ1) is 9.77. The molecule has 2 heterocycles. The number of anilines is 1. The number of amides is 2. The van der Waals surface area contributed by atoms with Crippen molar-refractivity contribution in [2.75, 3.05) is 11.4 Å². The average Bonchev–Trinajstić information content (AvgIpc) is 2.91. The number of aromatic nitrogens is 1. The molecule has 2 N–H and O–H groups in total. The quantitative estimate of drug-likeness (QED) is 0.886. The minimum Gasteiger partial charge on any atom is -0.369 e. The van der Waals surface area contributed by atoms with Gasteiger partial charge in [0.05, 0.1) is 16.5 Å². The van der Waals surface area contributed by atoms with Gasteiger partial charge in [-0.25, -0.2) is 4.98 Å². The molecule has 1 aromatic heterocycles. The van der Waals surface area contributed by atoms with Gasteiger partial charge in [0.15, 0.2) is 10.9 Å². The van der Waals surface area contributed by atoms with Crippen molar-refractivity contribution in [1.29, 1.82) is 0 Å². The van der Waals surface area contributed by atoms with E-state index in [0.29, 0.717) is 16.4 Å². The second-order valence-corrected chi connectivity index (χ2v) is 7.50. The normalized spacial score (nSPS) is 24.3. The zero-order chi connectivity index (χ0) is 15.4. The van der Waals surface area contributed by atoms with Crippen molar-refractivity contribution in [2.24, 2.45) is 17.1 Å². The highest BCUT2D eigenvalue weighted by Gasteiger charge is 2.39. The van der Waals surface area contributed by atoms with Crippen LogP contribution < -0.4 is 10.6 Å². The predicted octanol–water partition coefficient (Wildman–Crippen LogP) is 1.14. The fourth-order valence-corrected chi connectivity index (χ4v) is 3.95. The number of Topliss-reactive ketones (excluding diaryl/α,β-unsaturated/α-hetero) is 1. The first-order valence-electron chi connectivity index (χ1n) is 6.89. The van der Waals surface area contributed by atoms with Gasteiger partial charge < -0.3 is 5.73 Å². The van der Waals surface area contributed by atoms with Gasteiger partial charge in [0.2, 0.25) is 11.8 Å². The number of primary amides is 1. The van der Waals surface area contributed by atoms with E-state index in [4.69, 9.17) is 5.73 Å². The summed E-state index contributed by atoms with van der Waals surface area (Å²) in [4.78, 5) is 42.0. The fourth-order valence-electron chi connectivity index (χ4n) is 2.91. The van der Waals surface area contributed by atoms with Crippen molar-refractivity contribution in [3.05, 3.63) is 10.6 Å². The lowest BCUT2D eigenvalue weighted by Gasteiger charge is -2.26. The number of nitrogens with two attached hydrogens (primary N) is 1. The zero-order valence-corrected chi connectivity index (χ0v) is 12.8. The van der Waals surface area contributed by atoms with E-state index >= 15 is 0 Å². The maximum Gasteiger partial charge on any atom is 0.229 e.